The lowest BCUT2D eigenvalue weighted by atomic mass is 9.97. The average Bonchev–Trinajstić information content (AvgIpc) is 3.29. The number of carbonyl (C=O) groups excluding carboxylic acids is 1. The molecule has 2 aromatic rings. The van der Waals surface area contributed by atoms with E-state index >= 15 is 0 Å². The fourth-order valence-corrected chi connectivity index (χ4v) is 4.39. The summed E-state index contributed by atoms with van der Waals surface area (Å²) in [7, 11) is 2.08. The molecule has 4 heterocycles. The van der Waals surface area contributed by atoms with Crippen LogP contribution in [0.4, 0.5) is 5.82 Å². The lowest BCUT2D eigenvalue weighted by molar-refractivity contribution is 0.0776. The van der Waals surface area contributed by atoms with Crippen LogP contribution in [0.5, 0.6) is 0 Å². The van der Waals surface area contributed by atoms with Gasteiger partial charge in [-0.05, 0) is 45.9 Å². The molecule has 0 bridgehead atoms. The highest BCUT2D eigenvalue weighted by molar-refractivity contribution is 6.04. The number of nitrogens with zero attached hydrogens (tertiary/aromatic N) is 6. The minimum atomic E-state index is -0.238. The third-order valence-electron chi connectivity index (χ3n) is 5.77. The number of nitrogen functional groups attached to an aromatic ring is 1. The number of nitrogens with one attached hydrogen (secondary N) is 1. The predicted octanol–water partition coefficient (Wildman–Crippen LogP) is 0.276. The van der Waals surface area contributed by atoms with Crippen LogP contribution in [-0.2, 0) is 6.42 Å². The Morgan fingerprint density at radius 1 is 1.39 bits per heavy atom. The molecule has 0 radical (unpaired) electrons. The Bertz CT molecular complexity index is 911. The number of anilines is 1. The van der Waals surface area contributed by atoms with Crippen LogP contribution >= 0.6 is 0 Å². The SMILES string of the molecule is CN1CCC(N2CCCC2)C(NC(=O)c2c(N)nn3cc(CC#N)cnc23)C1. The maximum absolute atomic E-state index is 13.1. The molecule has 2 atom stereocenters. The molecule has 0 spiro atoms. The van der Waals surface area contributed by atoms with Crippen LogP contribution in [0.2, 0.25) is 0 Å². The van der Waals surface area contributed by atoms with Gasteiger partial charge in [-0.3, -0.25) is 9.69 Å². The molecule has 2 saturated heterocycles. The molecule has 9 heteroatoms. The quantitative estimate of drug-likeness (QED) is 0.780. The van der Waals surface area contributed by atoms with Gasteiger partial charge in [-0.1, -0.05) is 0 Å². The largest absolute Gasteiger partial charge is 0.381 e. The molecule has 0 saturated carbocycles. The number of fused-ring (bicyclic) bond motifs is 1. The molecular weight excluding hydrogens is 356 g/mol. The van der Waals surface area contributed by atoms with Crippen LogP contribution in [0, 0.1) is 11.3 Å². The molecule has 2 aliphatic rings. The Labute approximate surface area is 164 Å². The summed E-state index contributed by atoms with van der Waals surface area (Å²) in [5.41, 5.74) is 7.50. The number of piperidine rings is 1. The number of carbonyl (C=O) groups is 1. The number of hydrogen-bond donors (Lipinski definition) is 2. The van der Waals surface area contributed by atoms with Crippen molar-refractivity contribution in [2.75, 3.05) is 39.0 Å². The van der Waals surface area contributed by atoms with Gasteiger partial charge in [0.25, 0.3) is 5.91 Å². The van der Waals surface area contributed by atoms with E-state index in [1.54, 1.807) is 12.4 Å². The Morgan fingerprint density at radius 2 is 2.18 bits per heavy atom. The monoisotopic (exact) mass is 382 g/mol. The van der Waals surface area contributed by atoms with E-state index in [9.17, 15) is 4.79 Å². The van der Waals surface area contributed by atoms with E-state index in [-0.39, 0.29) is 24.2 Å². The van der Waals surface area contributed by atoms with Gasteiger partial charge in [-0.15, -0.1) is 5.10 Å². The van der Waals surface area contributed by atoms with Crippen molar-refractivity contribution in [2.45, 2.75) is 37.8 Å². The van der Waals surface area contributed by atoms with Gasteiger partial charge in [0.15, 0.2) is 11.5 Å². The van der Waals surface area contributed by atoms with E-state index in [0.717, 1.165) is 38.2 Å². The number of nitriles is 1. The zero-order valence-electron chi connectivity index (χ0n) is 16.1. The zero-order chi connectivity index (χ0) is 19.7. The Balaban J connectivity index is 1.58. The molecule has 2 unspecified atom stereocenters. The molecule has 148 valence electrons. The van der Waals surface area contributed by atoms with Gasteiger partial charge < -0.3 is 16.0 Å². The summed E-state index contributed by atoms with van der Waals surface area (Å²) >= 11 is 0. The van der Waals surface area contributed by atoms with E-state index < -0.39 is 0 Å². The summed E-state index contributed by atoms with van der Waals surface area (Å²) in [4.78, 5) is 22.2. The fraction of sp³-hybridized carbons (Fsp3) is 0.579. The first-order valence-electron chi connectivity index (χ1n) is 9.80. The van der Waals surface area contributed by atoms with Gasteiger partial charge >= 0.3 is 0 Å². The standard InChI is InChI=1S/C19H26N8O/c1-25-9-5-15(26-7-2-3-8-26)14(12-25)23-19(28)16-17(21)24-27-11-13(4-6-20)10-22-18(16)27/h10-11,14-15H,2-5,7-9,12H2,1H3,(H2,21,24)(H,23,28). The van der Waals surface area contributed by atoms with Crippen molar-refractivity contribution in [3.8, 4) is 6.07 Å². The van der Waals surface area contributed by atoms with Crippen LogP contribution < -0.4 is 11.1 Å². The number of likely N-dealkylation sites (tertiary alicyclic amines) is 2. The van der Waals surface area contributed by atoms with Crippen molar-refractivity contribution in [3.05, 3.63) is 23.5 Å². The second kappa shape index (κ2) is 7.73. The maximum Gasteiger partial charge on any atom is 0.259 e. The van der Waals surface area contributed by atoms with Crippen molar-refractivity contribution in [3.63, 3.8) is 0 Å². The van der Waals surface area contributed by atoms with Gasteiger partial charge in [0.05, 0.1) is 18.5 Å². The number of rotatable bonds is 4. The van der Waals surface area contributed by atoms with Crippen molar-refractivity contribution in [1.82, 2.24) is 29.7 Å². The van der Waals surface area contributed by atoms with Crippen LogP contribution in [0.1, 0.15) is 35.2 Å². The summed E-state index contributed by atoms with van der Waals surface area (Å²) in [5.74, 6) is -0.0847. The molecular formula is C19H26N8O. The number of hydrogen-bond acceptors (Lipinski definition) is 7. The minimum Gasteiger partial charge on any atom is -0.381 e. The first kappa shape index (κ1) is 18.7. The predicted molar refractivity (Wildman–Crippen MR) is 105 cm³/mol. The van der Waals surface area contributed by atoms with Gasteiger partial charge in [0.2, 0.25) is 0 Å². The highest BCUT2D eigenvalue weighted by Gasteiger charge is 2.35. The molecule has 2 fully saturated rings. The molecule has 9 nitrogen and oxygen atoms in total. The molecule has 0 aliphatic carbocycles. The summed E-state index contributed by atoms with van der Waals surface area (Å²) in [6.45, 7) is 4.05. The summed E-state index contributed by atoms with van der Waals surface area (Å²) in [6.07, 6.45) is 7.02. The van der Waals surface area contributed by atoms with Gasteiger partial charge in [-0.25, -0.2) is 9.50 Å². The lowest BCUT2D eigenvalue weighted by Gasteiger charge is -2.41. The third kappa shape index (κ3) is 3.53. The van der Waals surface area contributed by atoms with E-state index in [4.69, 9.17) is 11.0 Å². The number of aromatic nitrogens is 3. The topological polar surface area (TPSA) is 116 Å². The second-order valence-electron chi connectivity index (χ2n) is 7.77. The summed E-state index contributed by atoms with van der Waals surface area (Å²) in [6, 6.07) is 2.47. The third-order valence-corrected chi connectivity index (χ3v) is 5.77. The minimum absolute atomic E-state index is 0.0385. The van der Waals surface area contributed by atoms with E-state index in [0.29, 0.717) is 17.3 Å². The molecule has 4 rings (SSSR count). The number of amides is 1. The second-order valence-corrected chi connectivity index (χ2v) is 7.77. The van der Waals surface area contributed by atoms with Crippen molar-refractivity contribution in [1.29, 1.82) is 5.26 Å². The maximum atomic E-state index is 13.1. The molecule has 3 N–H and O–H groups in total. The van der Waals surface area contributed by atoms with Crippen LogP contribution in [0.25, 0.3) is 5.65 Å². The van der Waals surface area contributed by atoms with E-state index in [2.05, 4.69) is 38.3 Å². The first-order chi connectivity index (χ1) is 13.6. The summed E-state index contributed by atoms with van der Waals surface area (Å²) in [5, 5.41) is 16.3. The normalized spacial score (nSPS) is 23.7. The molecule has 28 heavy (non-hydrogen) atoms. The average molecular weight is 382 g/mol. The Morgan fingerprint density at radius 3 is 2.93 bits per heavy atom. The van der Waals surface area contributed by atoms with E-state index in [1.807, 2.05) is 0 Å². The van der Waals surface area contributed by atoms with Crippen LogP contribution in [-0.4, -0.2) is 75.6 Å². The Kier molecular flexibility index (Phi) is 5.15. The molecule has 2 aromatic heterocycles. The van der Waals surface area contributed by atoms with Crippen molar-refractivity contribution in [2.24, 2.45) is 0 Å². The number of nitrogens with two attached hydrogens (primary N) is 1. The van der Waals surface area contributed by atoms with Crippen molar-refractivity contribution < 1.29 is 4.79 Å². The molecule has 2 aliphatic heterocycles. The highest BCUT2D eigenvalue weighted by Crippen LogP contribution is 2.23. The fourth-order valence-electron chi connectivity index (χ4n) is 4.39. The summed E-state index contributed by atoms with van der Waals surface area (Å²) < 4.78 is 1.49. The van der Waals surface area contributed by atoms with E-state index in [1.165, 1.54) is 17.4 Å². The number of likely N-dealkylation sites (N-methyl/N-ethyl adjacent to an activating group) is 1. The highest BCUT2D eigenvalue weighted by atomic mass is 16.1. The lowest BCUT2D eigenvalue weighted by Crippen LogP contribution is -2.59. The molecule has 0 aromatic carbocycles. The Hall–Kier alpha value is -2.70. The zero-order valence-corrected chi connectivity index (χ0v) is 16.1. The smallest absolute Gasteiger partial charge is 0.259 e. The van der Waals surface area contributed by atoms with Crippen LogP contribution in [0.3, 0.4) is 0 Å². The van der Waals surface area contributed by atoms with Gasteiger partial charge in [0, 0.05) is 30.5 Å². The molecule has 1 amide bonds. The van der Waals surface area contributed by atoms with Gasteiger partial charge in [0.1, 0.15) is 5.56 Å². The van der Waals surface area contributed by atoms with Crippen LogP contribution in [0.15, 0.2) is 12.4 Å². The first-order valence-corrected chi connectivity index (χ1v) is 9.80. The van der Waals surface area contributed by atoms with Crippen molar-refractivity contribution >= 4 is 17.4 Å². The van der Waals surface area contributed by atoms with Gasteiger partial charge in [-0.2, -0.15) is 5.26 Å².